The molecule has 1 aliphatic heterocycles. The van der Waals surface area contributed by atoms with Crippen LogP contribution in [0.3, 0.4) is 0 Å². The number of carbonyl (C=O) groups is 2. The number of hydrogen-bond donors (Lipinski definition) is 0. The second-order valence-corrected chi connectivity index (χ2v) is 5.84. The molecule has 7 heteroatoms. The van der Waals surface area contributed by atoms with E-state index in [0.717, 1.165) is 39.3 Å². The van der Waals surface area contributed by atoms with Crippen molar-refractivity contribution in [1.29, 1.82) is 5.26 Å². The lowest BCUT2D eigenvalue weighted by molar-refractivity contribution is -0.134. The molecule has 2 amide bonds. The van der Waals surface area contributed by atoms with Gasteiger partial charge in [0.05, 0.1) is 25.6 Å². The van der Waals surface area contributed by atoms with E-state index in [2.05, 4.69) is 9.80 Å². The minimum atomic E-state index is 0.0490. The Bertz CT molecular complexity index is 423. The molecule has 0 unspecified atom stereocenters. The molecule has 0 radical (unpaired) electrons. The highest BCUT2D eigenvalue weighted by molar-refractivity contribution is 5.78. The second-order valence-electron chi connectivity index (χ2n) is 5.84. The summed E-state index contributed by atoms with van der Waals surface area (Å²) in [6.45, 7) is 10.0. The molecule has 1 rings (SSSR count). The Kier molecular flexibility index (Phi) is 8.59. The number of rotatable bonds is 8. The molecule has 23 heavy (non-hydrogen) atoms. The first-order valence-electron chi connectivity index (χ1n) is 8.35. The fourth-order valence-electron chi connectivity index (χ4n) is 2.63. The van der Waals surface area contributed by atoms with Crippen molar-refractivity contribution in [2.45, 2.75) is 20.3 Å². The number of carbonyl (C=O) groups excluding carboxylic acids is 2. The van der Waals surface area contributed by atoms with Gasteiger partial charge < -0.3 is 9.80 Å². The molecule has 0 saturated carbocycles. The Morgan fingerprint density at radius 1 is 1.00 bits per heavy atom. The normalized spacial score (nSPS) is 15.9. The number of piperazine rings is 1. The lowest BCUT2D eigenvalue weighted by atomic mass is 10.3. The maximum Gasteiger partial charge on any atom is 0.236 e. The van der Waals surface area contributed by atoms with Crippen LogP contribution in [0, 0.1) is 11.3 Å². The van der Waals surface area contributed by atoms with Gasteiger partial charge in [0.25, 0.3) is 0 Å². The van der Waals surface area contributed by atoms with Crippen LogP contribution in [-0.2, 0) is 9.59 Å². The molecule has 0 spiro atoms. The summed E-state index contributed by atoms with van der Waals surface area (Å²) in [7, 11) is 1.73. The lowest BCUT2D eigenvalue weighted by Gasteiger charge is -2.35. The molecule has 1 aliphatic rings. The van der Waals surface area contributed by atoms with Crippen LogP contribution in [0.25, 0.3) is 0 Å². The van der Waals surface area contributed by atoms with Gasteiger partial charge in [0.15, 0.2) is 0 Å². The van der Waals surface area contributed by atoms with E-state index >= 15 is 0 Å². The summed E-state index contributed by atoms with van der Waals surface area (Å²) in [6.07, 6.45) is 0.365. The van der Waals surface area contributed by atoms with Gasteiger partial charge in [-0.15, -0.1) is 0 Å². The van der Waals surface area contributed by atoms with Crippen LogP contribution in [0.5, 0.6) is 0 Å². The molecule has 0 aromatic rings. The Labute approximate surface area is 139 Å². The average molecular weight is 323 g/mol. The maximum atomic E-state index is 12.1. The van der Waals surface area contributed by atoms with Crippen LogP contribution in [0.4, 0.5) is 0 Å². The number of hydrogen-bond acceptors (Lipinski definition) is 5. The van der Waals surface area contributed by atoms with E-state index < -0.39 is 0 Å². The zero-order valence-corrected chi connectivity index (χ0v) is 14.6. The van der Waals surface area contributed by atoms with E-state index in [1.54, 1.807) is 11.9 Å². The van der Waals surface area contributed by atoms with Crippen LogP contribution in [-0.4, -0.2) is 97.4 Å². The minimum Gasteiger partial charge on any atom is -0.344 e. The van der Waals surface area contributed by atoms with E-state index in [0.29, 0.717) is 26.1 Å². The SMILES string of the molecule is CCN(CC)C(=O)CN1CCN(CC(=O)N(C)CCC#N)CC1. The smallest absolute Gasteiger partial charge is 0.236 e. The van der Waals surface area contributed by atoms with E-state index in [1.807, 2.05) is 24.8 Å². The molecule has 0 aromatic heterocycles. The van der Waals surface area contributed by atoms with Crippen LogP contribution < -0.4 is 0 Å². The number of amides is 2. The minimum absolute atomic E-state index is 0.0490. The molecule has 1 fully saturated rings. The van der Waals surface area contributed by atoms with Crippen molar-refractivity contribution in [2.24, 2.45) is 0 Å². The molecule has 0 aromatic carbocycles. The molecule has 0 bridgehead atoms. The van der Waals surface area contributed by atoms with Crippen molar-refractivity contribution in [1.82, 2.24) is 19.6 Å². The van der Waals surface area contributed by atoms with Crippen molar-refractivity contribution in [3.05, 3.63) is 0 Å². The number of likely N-dealkylation sites (N-methyl/N-ethyl adjacent to an activating group) is 2. The first kappa shape index (κ1) is 19.4. The quantitative estimate of drug-likeness (QED) is 0.621. The van der Waals surface area contributed by atoms with Gasteiger partial charge in [0.2, 0.25) is 11.8 Å². The molecule has 1 saturated heterocycles. The van der Waals surface area contributed by atoms with E-state index in [1.165, 1.54) is 0 Å². The van der Waals surface area contributed by atoms with Crippen LogP contribution in [0.15, 0.2) is 0 Å². The predicted molar refractivity (Wildman–Crippen MR) is 88.7 cm³/mol. The Morgan fingerprint density at radius 3 is 1.91 bits per heavy atom. The van der Waals surface area contributed by atoms with Crippen LogP contribution in [0.2, 0.25) is 0 Å². The first-order chi connectivity index (χ1) is 11.0. The van der Waals surface area contributed by atoms with Gasteiger partial charge in [-0.2, -0.15) is 5.26 Å². The fourth-order valence-corrected chi connectivity index (χ4v) is 2.63. The van der Waals surface area contributed by atoms with Gasteiger partial charge in [0, 0.05) is 52.9 Å². The summed E-state index contributed by atoms with van der Waals surface area (Å²) in [5.41, 5.74) is 0. The summed E-state index contributed by atoms with van der Waals surface area (Å²) in [5.74, 6) is 0.226. The van der Waals surface area contributed by atoms with Crippen molar-refractivity contribution < 1.29 is 9.59 Å². The molecule has 130 valence electrons. The van der Waals surface area contributed by atoms with Gasteiger partial charge in [-0.3, -0.25) is 19.4 Å². The largest absolute Gasteiger partial charge is 0.344 e. The molecular weight excluding hydrogens is 294 g/mol. The number of nitrogens with zero attached hydrogens (tertiary/aromatic N) is 5. The van der Waals surface area contributed by atoms with Gasteiger partial charge in [-0.05, 0) is 13.8 Å². The summed E-state index contributed by atoms with van der Waals surface area (Å²) in [5, 5.41) is 8.56. The summed E-state index contributed by atoms with van der Waals surface area (Å²) < 4.78 is 0. The Balaban J connectivity index is 2.31. The lowest BCUT2D eigenvalue weighted by Crippen LogP contribution is -2.52. The van der Waals surface area contributed by atoms with E-state index in [4.69, 9.17) is 5.26 Å². The van der Waals surface area contributed by atoms with Crippen molar-refractivity contribution >= 4 is 11.8 Å². The molecule has 7 nitrogen and oxygen atoms in total. The predicted octanol–water partition coefficient (Wildman–Crippen LogP) is -0.156. The van der Waals surface area contributed by atoms with E-state index in [9.17, 15) is 9.59 Å². The van der Waals surface area contributed by atoms with Gasteiger partial charge in [-0.25, -0.2) is 0 Å². The third kappa shape index (κ3) is 6.55. The first-order valence-corrected chi connectivity index (χ1v) is 8.35. The van der Waals surface area contributed by atoms with Gasteiger partial charge in [0.1, 0.15) is 0 Å². The Morgan fingerprint density at radius 2 is 1.48 bits per heavy atom. The molecular formula is C16H29N5O2. The second kappa shape index (κ2) is 10.2. The molecule has 0 aliphatic carbocycles. The molecule has 0 N–H and O–H groups in total. The van der Waals surface area contributed by atoms with Crippen molar-refractivity contribution in [3.8, 4) is 6.07 Å². The maximum absolute atomic E-state index is 12.1. The van der Waals surface area contributed by atoms with Gasteiger partial charge >= 0.3 is 0 Å². The highest BCUT2D eigenvalue weighted by atomic mass is 16.2. The third-order valence-corrected chi connectivity index (χ3v) is 4.28. The topological polar surface area (TPSA) is 70.9 Å². The van der Waals surface area contributed by atoms with Crippen LogP contribution in [0.1, 0.15) is 20.3 Å². The monoisotopic (exact) mass is 323 g/mol. The zero-order valence-electron chi connectivity index (χ0n) is 14.6. The fraction of sp³-hybridized carbons (Fsp3) is 0.812. The average Bonchev–Trinajstić information content (AvgIpc) is 2.55. The zero-order chi connectivity index (χ0) is 17.2. The summed E-state index contributed by atoms with van der Waals surface area (Å²) >= 11 is 0. The highest BCUT2D eigenvalue weighted by Gasteiger charge is 2.22. The van der Waals surface area contributed by atoms with Gasteiger partial charge in [-0.1, -0.05) is 0 Å². The van der Waals surface area contributed by atoms with Crippen molar-refractivity contribution in [2.75, 3.05) is 66.0 Å². The standard InChI is InChI=1S/C16H29N5O2/c1-4-21(5-2)16(23)14-20-11-9-19(10-12-20)13-15(22)18(3)8-6-7-17/h4-6,8-14H2,1-3H3. The Hall–Kier alpha value is -1.65. The van der Waals surface area contributed by atoms with Crippen molar-refractivity contribution in [3.63, 3.8) is 0 Å². The third-order valence-electron chi connectivity index (χ3n) is 4.28. The molecule has 0 atom stereocenters. The molecule has 1 heterocycles. The highest BCUT2D eigenvalue weighted by Crippen LogP contribution is 2.04. The summed E-state index contributed by atoms with van der Waals surface area (Å²) in [6, 6.07) is 2.05. The number of nitriles is 1. The van der Waals surface area contributed by atoms with E-state index in [-0.39, 0.29) is 11.8 Å². The summed E-state index contributed by atoms with van der Waals surface area (Å²) in [4.78, 5) is 31.9. The van der Waals surface area contributed by atoms with Crippen LogP contribution >= 0.6 is 0 Å².